The molecule has 0 aromatic heterocycles. The summed E-state index contributed by atoms with van der Waals surface area (Å²) in [5, 5.41) is 41.8. The Morgan fingerprint density at radius 2 is 1.40 bits per heavy atom. The van der Waals surface area contributed by atoms with Crippen LogP contribution in [0.1, 0.15) is 19.3 Å². The molecule has 0 bridgehead atoms. The molecule has 17 atom stereocenters. The smallest absolute Gasteiger partial charge is 0.187 e. The molecule has 0 spiro atoms. The maximum atomic E-state index is 11.3. The Morgan fingerprint density at radius 3 is 2.02 bits per heavy atom. The minimum Gasteiger partial charge on any atom is -0.394 e. The minimum atomic E-state index is -1.43. The van der Waals surface area contributed by atoms with Crippen LogP contribution in [0, 0.1) is 5.92 Å². The van der Waals surface area contributed by atoms with Gasteiger partial charge in [-0.3, -0.25) is 0 Å². The molecule has 3 aliphatic heterocycles. The van der Waals surface area contributed by atoms with Crippen molar-refractivity contribution in [2.75, 3.05) is 26.8 Å². The first-order valence-corrected chi connectivity index (χ1v) is 13.9. The predicted molar refractivity (Wildman–Crippen MR) is 139 cm³/mol. The van der Waals surface area contributed by atoms with Crippen LogP contribution >= 0.6 is 0 Å². The van der Waals surface area contributed by atoms with Crippen molar-refractivity contribution in [2.45, 2.75) is 117 Å². The highest BCUT2D eigenvalue weighted by Gasteiger charge is 2.55. The number of nitrogens with two attached hydrogens (primary N) is 6. The zero-order chi connectivity index (χ0) is 29.3. The fraction of sp³-hybridized carbons (Fsp3) is 1.00. The third-order valence-corrected chi connectivity index (χ3v) is 8.71. The quantitative estimate of drug-likeness (QED) is 0.121. The van der Waals surface area contributed by atoms with Gasteiger partial charge in [-0.05, 0) is 19.3 Å². The minimum absolute atomic E-state index is 0.109. The molecule has 40 heavy (non-hydrogen) atoms. The third kappa shape index (κ3) is 6.33. The molecule has 234 valence electrons. The molecule has 4 aliphatic rings. The lowest BCUT2D eigenvalue weighted by molar-refractivity contribution is -0.280. The molecule has 1 aliphatic carbocycles. The molecule has 0 aromatic rings. The molecule has 0 amide bonds. The second-order valence-electron chi connectivity index (χ2n) is 11.3. The molecule has 1 saturated carbocycles. The molecule has 16 heteroatoms. The Kier molecular flexibility index (Phi) is 11.1. The maximum absolute atomic E-state index is 11.3. The zero-order valence-corrected chi connectivity index (χ0v) is 22.8. The van der Waals surface area contributed by atoms with Crippen molar-refractivity contribution >= 4 is 0 Å². The Morgan fingerprint density at radius 1 is 0.725 bits per heavy atom. The van der Waals surface area contributed by atoms with Gasteiger partial charge < -0.3 is 83.2 Å². The molecule has 4 fully saturated rings. The summed E-state index contributed by atoms with van der Waals surface area (Å²) in [7, 11) is 1.50. The van der Waals surface area contributed by atoms with Gasteiger partial charge in [-0.25, -0.2) is 0 Å². The van der Waals surface area contributed by atoms with E-state index in [4.69, 9.17) is 62.8 Å². The average Bonchev–Trinajstić information content (AvgIpc) is 3.23. The van der Waals surface area contributed by atoms with E-state index in [-0.39, 0.29) is 18.7 Å². The van der Waals surface area contributed by atoms with Crippen LogP contribution in [-0.2, 0) is 28.4 Å². The number of methoxy groups -OCH3 is 1. The fourth-order valence-corrected chi connectivity index (χ4v) is 6.42. The van der Waals surface area contributed by atoms with Crippen LogP contribution in [-0.4, -0.2) is 145 Å². The van der Waals surface area contributed by atoms with Crippen LogP contribution < -0.4 is 34.4 Å². The van der Waals surface area contributed by atoms with Crippen LogP contribution in [0.4, 0.5) is 0 Å². The summed E-state index contributed by atoms with van der Waals surface area (Å²) in [4.78, 5) is 0. The lowest BCUT2D eigenvalue weighted by Crippen LogP contribution is -2.67. The van der Waals surface area contributed by atoms with Crippen molar-refractivity contribution < 1.29 is 48.8 Å². The topological polar surface area (TPSA) is 292 Å². The van der Waals surface area contributed by atoms with E-state index in [0.717, 1.165) is 6.42 Å². The number of hydrogen-bond acceptors (Lipinski definition) is 16. The van der Waals surface area contributed by atoms with E-state index in [9.17, 15) is 20.4 Å². The predicted octanol–water partition coefficient (Wildman–Crippen LogP) is -5.91. The van der Waals surface area contributed by atoms with Gasteiger partial charge in [0.15, 0.2) is 12.6 Å². The maximum Gasteiger partial charge on any atom is 0.187 e. The molecule has 3 heterocycles. The first-order chi connectivity index (χ1) is 19.1. The summed E-state index contributed by atoms with van der Waals surface area (Å²) < 4.78 is 35.8. The normalized spacial score (nSPS) is 52.1. The molecule has 16 N–H and O–H groups in total. The van der Waals surface area contributed by atoms with Gasteiger partial charge in [0.2, 0.25) is 0 Å². The standard InChI is InChI=1S/C24H48N6O10/c1-35-20-11(29)4-10(28)14(19-9(27)3-2-8(5-25)36-19)22(20)40-24-18(34)21(13(7-31)38-24)39-23-15(30)17(33)16(32)12(6-26)37-23/h8-24,31-34H,2-7,25-30H2,1H3/t8-,9+,10-,11+,12-,13+,14?,15+,16+,17+,18+,19-,20-,21+,22-,23+,24-/m0/s1. The van der Waals surface area contributed by atoms with E-state index in [1.165, 1.54) is 7.11 Å². The van der Waals surface area contributed by atoms with E-state index in [1.54, 1.807) is 0 Å². The molecule has 0 aromatic carbocycles. The van der Waals surface area contributed by atoms with E-state index in [2.05, 4.69) is 0 Å². The molecular formula is C24H48N6O10. The zero-order valence-electron chi connectivity index (χ0n) is 22.8. The third-order valence-electron chi connectivity index (χ3n) is 8.71. The lowest BCUT2D eigenvalue weighted by Gasteiger charge is -2.50. The Balaban J connectivity index is 1.54. The van der Waals surface area contributed by atoms with Crippen LogP contribution in [0.2, 0.25) is 0 Å². The number of ether oxygens (including phenoxy) is 6. The van der Waals surface area contributed by atoms with E-state index >= 15 is 0 Å². The monoisotopic (exact) mass is 580 g/mol. The fourth-order valence-electron chi connectivity index (χ4n) is 6.42. The van der Waals surface area contributed by atoms with Gasteiger partial charge in [0.05, 0.1) is 37.1 Å². The van der Waals surface area contributed by atoms with Crippen molar-refractivity contribution in [1.82, 2.24) is 0 Å². The molecular weight excluding hydrogens is 532 g/mol. The van der Waals surface area contributed by atoms with Gasteiger partial charge in [-0.1, -0.05) is 0 Å². The highest BCUT2D eigenvalue weighted by atomic mass is 16.8. The first kappa shape index (κ1) is 32.3. The van der Waals surface area contributed by atoms with Gasteiger partial charge in [-0.15, -0.1) is 0 Å². The number of rotatable bonds is 9. The second-order valence-corrected chi connectivity index (χ2v) is 11.3. The molecule has 1 unspecified atom stereocenters. The van der Waals surface area contributed by atoms with Crippen LogP contribution in [0.3, 0.4) is 0 Å². The number of aliphatic hydroxyl groups is 4. The first-order valence-electron chi connectivity index (χ1n) is 13.9. The largest absolute Gasteiger partial charge is 0.394 e. The summed E-state index contributed by atoms with van der Waals surface area (Å²) in [5.74, 6) is -0.477. The summed E-state index contributed by atoms with van der Waals surface area (Å²) in [6, 6.07) is -2.45. The molecule has 3 saturated heterocycles. The van der Waals surface area contributed by atoms with Gasteiger partial charge in [-0.2, -0.15) is 0 Å². The van der Waals surface area contributed by atoms with Crippen molar-refractivity contribution in [3.8, 4) is 0 Å². The Bertz CT molecular complexity index is 805. The summed E-state index contributed by atoms with van der Waals surface area (Å²) in [5.41, 5.74) is 37.0. The second kappa shape index (κ2) is 13.8. The van der Waals surface area contributed by atoms with Gasteiger partial charge in [0, 0.05) is 44.2 Å². The highest BCUT2D eigenvalue weighted by Crippen LogP contribution is 2.38. The highest BCUT2D eigenvalue weighted by molar-refractivity contribution is 5.05. The lowest BCUT2D eigenvalue weighted by atomic mass is 9.72. The Hall–Kier alpha value is -0.640. The van der Waals surface area contributed by atoms with Crippen LogP contribution in [0.5, 0.6) is 0 Å². The van der Waals surface area contributed by atoms with E-state index in [1.807, 2.05) is 0 Å². The van der Waals surface area contributed by atoms with Crippen molar-refractivity contribution in [2.24, 2.45) is 40.3 Å². The average molecular weight is 581 g/mol. The Labute approximate surface area is 233 Å². The van der Waals surface area contributed by atoms with Crippen molar-refractivity contribution in [1.29, 1.82) is 0 Å². The number of aliphatic hydroxyl groups excluding tert-OH is 4. The van der Waals surface area contributed by atoms with Gasteiger partial charge in [0.25, 0.3) is 0 Å². The summed E-state index contributed by atoms with van der Waals surface area (Å²) in [6.45, 7) is -0.319. The van der Waals surface area contributed by atoms with E-state index < -0.39 is 98.2 Å². The van der Waals surface area contributed by atoms with Crippen LogP contribution in [0.15, 0.2) is 0 Å². The summed E-state index contributed by atoms with van der Waals surface area (Å²) in [6.07, 6.45) is -10.2. The van der Waals surface area contributed by atoms with Gasteiger partial charge >= 0.3 is 0 Å². The SMILES string of the molecule is CO[C@H]1[C@H](N)C[C@H](N)C([C@H]2O[C@H](CN)CC[C@H]2N)[C@@H]1O[C@@H]1O[C@H](CO)[C@@H](O[C@H]2O[C@@H](CN)[C@@H](O)[C@H](O)[C@H]2N)[C@H]1O. The van der Waals surface area contributed by atoms with Crippen molar-refractivity contribution in [3.63, 3.8) is 0 Å². The molecule has 16 nitrogen and oxygen atoms in total. The number of hydrogen-bond donors (Lipinski definition) is 10. The molecule has 0 radical (unpaired) electrons. The molecule has 4 rings (SSSR count). The van der Waals surface area contributed by atoms with Crippen molar-refractivity contribution in [3.05, 3.63) is 0 Å². The van der Waals surface area contributed by atoms with E-state index in [0.29, 0.717) is 19.4 Å². The van der Waals surface area contributed by atoms with Crippen LogP contribution in [0.25, 0.3) is 0 Å². The summed E-state index contributed by atoms with van der Waals surface area (Å²) >= 11 is 0. The van der Waals surface area contributed by atoms with Gasteiger partial charge in [0.1, 0.15) is 36.6 Å².